The Labute approximate surface area is 162 Å². The molecule has 1 aromatic carbocycles. The van der Waals surface area contributed by atoms with Crippen LogP contribution in [0.25, 0.3) is 0 Å². The van der Waals surface area contributed by atoms with Crippen molar-refractivity contribution in [3.63, 3.8) is 0 Å². The predicted octanol–water partition coefficient (Wildman–Crippen LogP) is 3.81. The van der Waals surface area contributed by atoms with Crippen molar-refractivity contribution in [2.24, 2.45) is 17.3 Å². The number of carbonyl (C=O) groups is 1. The molecular weight excluding hydrogens is 338 g/mol. The highest BCUT2D eigenvalue weighted by Gasteiger charge is 2.53. The van der Waals surface area contributed by atoms with Crippen LogP contribution in [0, 0.1) is 17.3 Å². The number of aryl methyl sites for hydroxylation is 1. The Hall–Kier alpha value is -1.39. The van der Waals surface area contributed by atoms with Gasteiger partial charge in [0.05, 0.1) is 5.41 Å². The average molecular weight is 372 g/mol. The minimum Gasteiger partial charge on any atom is -0.426 e. The van der Waals surface area contributed by atoms with Crippen LogP contribution in [0.15, 0.2) is 24.3 Å². The molecule has 1 aromatic rings. The van der Waals surface area contributed by atoms with Gasteiger partial charge >= 0.3 is 5.97 Å². The largest absolute Gasteiger partial charge is 0.426 e. The second-order valence-electron chi connectivity index (χ2n) is 8.83. The van der Waals surface area contributed by atoms with Gasteiger partial charge in [0.2, 0.25) is 0 Å². The number of rotatable bonds is 6. The van der Waals surface area contributed by atoms with Crippen LogP contribution in [0.3, 0.4) is 0 Å². The quantitative estimate of drug-likeness (QED) is 0.610. The number of esters is 1. The number of nitrogens with zero attached hydrogens (tertiary/aromatic N) is 1. The van der Waals surface area contributed by atoms with Gasteiger partial charge in [0.15, 0.2) is 0 Å². The number of fused-ring (bicyclic) bond motifs is 3. The first-order valence-electron chi connectivity index (χ1n) is 10.9. The Bertz CT molecular complexity index is 645. The Balaban J connectivity index is 1.53. The molecular formula is C23H33NO3. The van der Waals surface area contributed by atoms with Gasteiger partial charge in [0.25, 0.3) is 0 Å². The molecule has 3 aliphatic heterocycles. The molecule has 148 valence electrons. The molecule has 0 aromatic heterocycles. The van der Waals surface area contributed by atoms with E-state index in [1.54, 1.807) is 0 Å². The second-order valence-corrected chi connectivity index (χ2v) is 8.83. The predicted molar refractivity (Wildman–Crippen MR) is 106 cm³/mol. The van der Waals surface area contributed by atoms with E-state index >= 15 is 0 Å². The van der Waals surface area contributed by atoms with Crippen LogP contribution in [-0.2, 0) is 11.2 Å². The van der Waals surface area contributed by atoms with Crippen molar-refractivity contribution >= 4 is 5.97 Å². The zero-order chi connectivity index (χ0) is 18.7. The maximum absolute atomic E-state index is 13.5. The zero-order valence-corrected chi connectivity index (χ0v) is 16.4. The molecule has 4 nitrogen and oxygen atoms in total. The van der Waals surface area contributed by atoms with Gasteiger partial charge in [0, 0.05) is 13.2 Å². The maximum atomic E-state index is 13.5. The van der Waals surface area contributed by atoms with Crippen molar-refractivity contribution in [3.8, 4) is 5.75 Å². The Morgan fingerprint density at radius 3 is 2.63 bits per heavy atom. The van der Waals surface area contributed by atoms with Crippen molar-refractivity contribution in [2.75, 3.05) is 26.2 Å². The molecule has 3 heterocycles. The van der Waals surface area contributed by atoms with E-state index in [4.69, 9.17) is 9.84 Å². The molecule has 0 amide bonds. The summed E-state index contributed by atoms with van der Waals surface area (Å²) in [4.78, 5) is 16.1. The summed E-state index contributed by atoms with van der Waals surface area (Å²) in [5, 5.41) is 9.05. The van der Waals surface area contributed by atoms with Crippen molar-refractivity contribution < 1.29 is 14.6 Å². The van der Waals surface area contributed by atoms with Gasteiger partial charge in [-0.05, 0) is 81.1 Å². The van der Waals surface area contributed by atoms with Crippen molar-refractivity contribution in [1.82, 2.24) is 4.90 Å². The summed E-state index contributed by atoms with van der Waals surface area (Å²) < 4.78 is 6.02. The normalized spacial score (nSPS) is 29.4. The van der Waals surface area contributed by atoms with Gasteiger partial charge in [-0.1, -0.05) is 31.4 Å². The molecule has 1 saturated carbocycles. The first-order valence-corrected chi connectivity index (χ1v) is 10.9. The number of aliphatic hydroxyl groups is 1. The highest BCUT2D eigenvalue weighted by Crippen LogP contribution is 2.51. The molecule has 4 heteroatoms. The maximum Gasteiger partial charge on any atom is 0.317 e. The van der Waals surface area contributed by atoms with E-state index in [2.05, 4.69) is 4.90 Å². The van der Waals surface area contributed by atoms with Crippen molar-refractivity contribution in [3.05, 3.63) is 29.8 Å². The minimum absolute atomic E-state index is 0.0141. The molecule has 4 fully saturated rings. The van der Waals surface area contributed by atoms with Gasteiger partial charge in [0.1, 0.15) is 5.75 Å². The third-order valence-electron chi connectivity index (χ3n) is 7.25. The standard InChI is InChI=1S/C23H33NO3/c25-15-5-7-18-6-4-8-20(16-18)27-22(26)23(11-2-1-3-12-23)21-17-24-13-9-19(21)10-14-24/h4,6,8,16,19,21,25H,1-3,5,7,9-15,17H2/t21-/m1/s1. The Kier molecular flexibility index (Phi) is 5.84. The van der Waals surface area contributed by atoms with E-state index in [1.807, 2.05) is 24.3 Å². The highest BCUT2D eigenvalue weighted by atomic mass is 16.5. The number of aliphatic hydroxyl groups excluding tert-OH is 1. The smallest absolute Gasteiger partial charge is 0.317 e. The molecule has 5 rings (SSSR count). The number of carbonyl (C=O) groups excluding carboxylic acids is 1. The molecule has 4 aliphatic rings. The van der Waals surface area contributed by atoms with Crippen LogP contribution in [0.1, 0.15) is 56.9 Å². The lowest BCUT2D eigenvalue weighted by Crippen LogP contribution is -2.57. The molecule has 1 N–H and O–H groups in total. The number of benzene rings is 1. The van der Waals surface area contributed by atoms with Gasteiger partial charge in [-0.15, -0.1) is 0 Å². The molecule has 0 spiro atoms. The van der Waals surface area contributed by atoms with E-state index in [0.717, 1.165) is 50.6 Å². The Morgan fingerprint density at radius 2 is 1.96 bits per heavy atom. The number of hydrogen-bond donors (Lipinski definition) is 1. The lowest BCUT2D eigenvalue weighted by molar-refractivity contribution is -0.159. The molecule has 1 aliphatic carbocycles. The molecule has 0 unspecified atom stereocenters. The lowest BCUT2D eigenvalue weighted by Gasteiger charge is -2.53. The number of ether oxygens (including phenoxy) is 1. The molecule has 0 radical (unpaired) electrons. The first-order chi connectivity index (χ1) is 13.2. The van der Waals surface area contributed by atoms with Crippen LogP contribution in [0.2, 0.25) is 0 Å². The van der Waals surface area contributed by atoms with Crippen LogP contribution in [-0.4, -0.2) is 42.2 Å². The number of piperidine rings is 3. The summed E-state index contributed by atoms with van der Waals surface area (Å²) in [5.41, 5.74) is 0.832. The van der Waals surface area contributed by atoms with Gasteiger partial charge in [-0.2, -0.15) is 0 Å². The Morgan fingerprint density at radius 1 is 1.19 bits per heavy atom. The van der Waals surface area contributed by atoms with Gasteiger partial charge in [-0.25, -0.2) is 0 Å². The summed E-state index contributed by atoms with van der Waals surface area (Å²) in [6.07, 6.45) is 9.56. The summed E-state index contributed by atoms with van der Waals surface area (Å²) in [5.74, 6) is 1.84. The van der Waals surface area contributed by atoms with E-state index in [9.17, 15) is 4.79 Å². The van der Waals surface area contributed by atoms with E-state index in [1.165, 1.54) is 32.4 Å². The average Bonchev–Trinajstić information content (AvgIpc) is 2.74. The second kappa shape index (κ2) is 8.32. The van der Waals surface area contributed by atoms with Gasteiger partial charge < -0.3 is 14.7 Å². The van der Waals surface area contributed by atoms with E-state index in [-0.39, 0.29) is 18.0 Å². The molecule has 2 bridgehead atoms. The van der Waals surface area contributed by atoms with Crippen LogP contribution < -0.4 is 4.74 Å². The fraction of sp³-hybridized carbons (Fsp3) is 0.696. The van der Waals surface area contributed by atoms with Gasteiger partial charge in [-0.3, -0.25) is 4.79 Å². The summed E-state index contributed by atoms with van der Waals surface area (Å²) >= 11 is 0. The third-order valence-corrected chi connectivity index (χ3v) is 7.25. The molecule has 1 atom stereocenters. The highest BCUT2D eigenvalue weighted by molar-refractivity contribution is 5.80. The van der Waals surface area contributed by atoms with Crippen molar-refractivity contribution in [2.45, 2.75) is 57.8 Å². The lowest BCUT2D eigenvalue weighted by atomic mass is 9.58. The fourth-order valence-corrected chi connectivity index (χ4v) is 5.76. The van der Waals surface area contributed by atoms with E-state index < -0.39 is 0 Å². The minimum atomic E-state index is -0.289. The van der Waals surface area contributed by atoms with Crippen LogP contribution in [0.4, 0.5) is 0 Å². The fourth-order valence-electron chi connectivity index (χ4n) is 5.76. The zero-order valence-electron chi connectivity index (χ0n) is 16.4. The topological polar surface area (TPSA) is 49.8 Å². The third kappa shape index (κ3) is 3.93. The van der Waals surface area contributed by atoms with Crippen LogP contribution in [0.5, 0.6) is 5.75 Å². The number of hydrogen-bond acceptors (Lipinski definition) is 4. The van der Waals surface area contributed by atoms with E-state index in [0.29, 0.717) is 17.6 Å². The molecule has 3 saturated heterocycles. The summed E-state index contributed by atoms with van der Waals surface area (Å²) in [6, 6.07) is 7.86. The monoisotopic (exact) mass is 371 g/mol. The summed E-state index contributed by atoms with van der Waals surface area (Å²) in [6.45, 7) is 3.68. The first kappa shape index (κ1) is 18.9. The van der Waals surface area contributed by atoms with Crippen molar-refractivity contribution in [1.29, 1.82) is 0 Å². The SMILES string of the molecule is O=C(Oc1cccc(CCCO)c1)C1([C@@H]2CN3CCC2CC3)CCCCC1. The molecule has 27 heavy (non-hydrogen) atoms. The van der Waals surface area contributed by atoms with Crippen LogP contribution >= 0.6 is 0 Å². The summed E-state index contributed by atoms with van der Waals surface area (Å²) in [7, 11) is 0.